The summed E-state index contributed by atoms with van der Waals surface area (Å²) in [5.74, 6) is 1.32. The molecule has 0 unspecified atom stereocenters. The predicted molar refractivity (Wildman–Crippen MR) is 81.4 cm³/mol. The molecule has 3 rings (SSSR count). The van der Waals surface area contributed by atoms with Crippen molar-refractivity contribution >= 4 is 27.2 Å². The van der Waals surface area contributed by atoms with Crippen molar-refractivity contribution in [2.45, 2.75) is 20.3 Å². The monoisotopic (exact) mass is 269 g/mol. The first kappa shape index (κ1) is 12.1. The van der Waals surface area contributed by atoms with E-state index in [4.69, 9.17) is 5.73 Å². The van der Waals surface area contributed by atoms with Gasteiger partial charge in [0, 0.05) is 32.3 Å². The number of aryl methyl sites for hydroxylation is 1. The van der Waals surface area contributed by atoms with Gasteiger partial charge < -0.3 is 5.73 Å². The van der Waals surface area contributed by atoms with Crippen LogP contribution in [-0.2, 0) is 6.42 Å². The number of hydrogen-bond donors (Lipinski definition) is 1. The number of hydrogen-bond acceptors (Lipinski definition) is 4. The fourth-order valence-electron chi connectivity index (χ4n) is 2.33. The van der Waals surface area contributed by atoms with Gasteiger partial charge in [-0.05, 0) is 19.4 Å². The Balaban J connectivity index is 2.22. The Morgan fingerprint density at radius 3 is 2.74 bits per heavy atom. The average molecular weight is 269 g/mol. The second-order valence-electron chi connectivity index (χ2n) is 4.50. The molecule has 96 valence electrons. The number of nitrogens with zero attached hydrogens (tertiary/aromatic N) is 2. The highest BCUT2D eigenvalue weighted by atomic mass is 32.1. The van der Waals surface area contributed by atoms with Crippen molar-refractivity contribution in [1.82, 2.24) is 9.97 Å². The zero-order valence-electron chi connectivity index (χ0n) is 11.0. The van der Waals surface area contributed by atoms with Crippen LogP contribution in [0, 0.1) is 6.92 Å². The quantitative estimate of drug-likeness (QED) is 0.769. The van der Waals surface area contributed by atoms with Crippen LogP contribution in [0.5, 0.6) is 0 Å². The number of nitrogen functional groups attached to an aromatic ring is 1. The van der Waals surface area contributed by atoms with E-state index in [-0.39, 0.29) is 0 Å². The summed E-state index contributed by atoms with van der Waals surface area (Å²) in [5.41, 5.74) is 9.12. The van der Waals surface area contributed by atoms with Crippen molar-refractivity contribution in [2.24, 2.45) is 0 Å². The van der Waals surface area contributed by atoms with Crippen LogP contribution in [0.4, 0.5) is 5.82 Å². The number of nitrogens with two attached hydrogens (primary N) is 1. The van der Waals surface area contributed by atoms with E-state index in [1.807, 2.05) is 19.1 Å². The topological polar surface area (TPSA) is 51.8 Å². The molecule has 0 saturated carbocycles. The molecule has 1 aromatic carbocycles. The lowest BCUT2D eigenvalue weighted by atomic mass is 10.1. The Kier molecular flexibility index (Phi) is 2.95. The van der Waals surface area contributed by atoms with Gasteiger partial charge in [0.2, 0.25) is 0 Å². The van der Waals surface area contributed by atoms with Crippen molar-refractivity contribution in [3.63, 3.8) is 0 Å². The van der Waals surface area contributed by atoms with Crippen LogP contribution >= 0.6 is 11.3 Å². The van der Waals surface area contributed by atoms with Gasteiger partial charge in [0.15, 0.2) is 5.82 Å². The van der Waals surface area contributed by atoms with Gasteiger partial charge in [-0.25, -0.2) is 9.97 Å². The Bertz CT molecular complexity index is 723. The molecule has 2 N–H and O–H groups in total. The van der Waals surface area contributed by atoms with Gasteiger partial charge in [-0.2, -0.15) is 0 Å². The molecular weight excluding hydrogens is 254 g/mol. The van der Waals surface area contributed by atoms with Crippen LogP contribution in [0.15, 0.2) is 29.6 Å². The molecule has 2 heterocycles. The highest BCUT2D eigenvalue weighted by molar-refractivity contribution is 7.17. The molecule has 0 aliphatic carbocycles. The Hall–Kier alpha value is -1.94. The minimum absolute atomic E-state index is 0.597. The van der Waals surface area contributed by atoms with Crippen molar-refractivity contribution < 1.29 is 0 Å². The van der Waals surface area contributed by atoms with E-state index in [1.165, 1.54) is 10.1 Å². The van der Waals surface area contributed by atoms with Crippen LogP contribution < -0.4 is 5.73 Å². The maximum Gasteiger partial charge on any atom is 0.163 e. The Morgan fingerprint density at radius 1 is 1.21 bits per heavy atom. The summed E-state index contributed by atoms with van der Waals surface area (Å²) in [6, 6.07) is 8.29. The molecule has 3 nitrogen and oxygen atoms in total. The second-order valence-corrected chi connectivity index (χ2v) is 5.41. The fraction of sp³-hybridized carbons (Fsp3) is 0.200. The Labute approximate surface area is 116 Å². The third kappa shape index (κ3) is 1.98. The molecule has 0 amide bonds. The molecule has 2 aromatic heterocycles. The van der Waals surface area contributed by atoms with Crippen molar-refractivity contribution in [1.29, 1.82) is 0 Å². The normalized spacial score (nSPS) is 11.1. The zero-order valence-corrected chi connectivity index (χ0v) is 11.8. The number of fused-ring (bicyclic) bond motifs is 1. The maximum absolute atomic E-state index is 6.04. The van der Waals surface area contributed by atoms with Crippen LogP contribution in [0.3, 0.4) is 0 Å². The number of anilines is 1. The van der Waals surface area contributed by atoms with E-state index in [1.54, 1.807) is 11.3 Å². The summed E-state index contributed by atoms with van der Waals surface area (Å²) < 4.78 is 1.25. The third-order valence-electron chi connectivity index (χ3n) is 3.32. The molecule has 0 aliphatic heterocycles. The predicted octanol–water partition coefficient (Wildman–Crippen LogP) is 3.81. The highest BCUT2D eigenvalue weighted by Crippen LogP contribution is 2.32. The van der Waals surface area contributed by atoms with Gasteiger partial charge in [-0.1, -0.05) is 25.1 Å². The van der Waals surface area contributed by atoms with Gasteiger partial charge in [-0.15, -0.1) is 11.3 Å². The average Bonchev–Trinajstić information content (AvgIpc) is 2.82. The van der Waals surface area contributed by atoms with E-state index in [9.17, 15) is 0 Å². The first-order chi connectivity index (χ1) is 9.20. The van der Waals surface area contributed by atoms with E-state index in [0.29, 0.717) is 5.82 Å². The van der Waals surface area contributed by atoms with Gasteiger partial charge >= 0.3 is 0 Å². The van der Waals surface area contributed by atoms with Crippen molar-refractivity contribution in [3.8, 4) is 11.4 Å². The second kappa shape index (κ2) is 4.63. The number of benzene rings is 1. The number of aromatic nitrogens is 2. The molecular formula is C15H15N3S. The SMILES string of the molecule is CCc1c(C)nc(-c2csc3ccccc23)nc1N. The summed E-state index contributed by atoms with van der Waals surface area (Å²) in [4.78, 5) is 9.08. The lowest BCUT2D eigenvalue weighted by Gasteiger charge is -2.08. The van der Waals surface area contributed by atoms with Gasteiger partial charge in [0.05, 0.1) is 0 Å². The number of rotatable bonds is 2. The van der Waals surface area contributed by atoms with Crippen LogP contribution in [0.25, 0.3) is 21.5 Å². The van der Waals surface area contributed by atoms with E-state index in [2.05, 4.69) is 34.4 Å². The van der Waals surface area contributed by atoms with Gasteiger partial charge in [-0.3, -0.25) is 0 Å². The lowest BCUT2D eigenvalue weighted by Crippen LogP contribution is -2.04. The summed E-state index contributed by atoms with van der Waals surface area (Å²) in [7, 11) is 0. The van der Waals surface area contributed by atoms with E-state index >= 15 is 0 Å². The van der Waals surface area contributed by atoms with Crippen LogP contribution in [0.1, 0.15) is 18.2 Å². The lowest BCUT2D eigenvalue weighted by molar-refractivity contribution is 1.01. The molecule has 4 heteroatoms. The molecule has 0 bridgehead atoms. The Morgan fingerprint density at radius 2 is 2.00 bits per heavy atom. The van der Waals surface area contributed by atoms with E-state index < -0.39 is 0 Å². The maximum atomic E-state index is 6.04. The molecule has 0 atom stereocenters. The minimum atomic E-state index is 0.597. The molecule has 0 aliphatic rings. The van der Waals surface area contributed by atoms with Gasteiger partial charge in [0.1, 0.15) is 5.82 Å². The summed E-state index contributed by atoms with van der Waals surface area (Å²) in [6.07, 6.45) is 0.863. The summed E-state index contributed by atoms with van der Waals surface area (Å²) in [5, 5.41) is 3.29. The minimum Gasteiger partial charge on any atom is -0.383 e. The highest BCUT2D eigenvalue weighted by Gasteiger charge is 2.12. The molecule has 0 saturated heterocycles. The van der Waals surface area contributed by atoms with Crippen LogP contribution in [-0.4, -0.2) is 9.97 Å². The summed E-state index contributed by atoms with van der Waals surface area (Å²) >= 11 is 1.71. The van der Waals surface area contributed by atoms with Crippen molar-refractivity contribution in [3.05, 3.63) is 40.9 Å². The first-order valence-corrected chi connectivity index (χ1v) is 7.18. The molecule has 0 radical (unpaired) electrons. The molecule has 3 aromatic rings. The van der Waals surface area contributed by atoms with Crippen molar-refractivity contribution in [2.75, 3.05) is 5.73 Å². The standard InChI is InChI=1S/C15H15N3S/c1-3-10-9(2)17-15(18-14(10)16)12-8-19-13-7-5-4-6-11(12)13/h4-8H,3H2,1-2H3,(H2,16,17,18). The summed E-state index contributed by atoms with van der Waals surface area (Å²) in [6.45, 7) is 4.07. The first-order valence-electron chi connectivity index (χ1n) is 6.30. The molecule has 0 spiro atoms. The smallest absolute Gasteiger partial charge is 0.163 e. The van der Waals surface area contributed by atoms with Gasteiger partial charge in [0.25, 0.3) is 0 Å². The van der Waals surface area contributed by atoms with Crippen LogP contribution in [0.2, 0.25) is 0 Å². The third-order valence-corrected chi connectivity index (χ3v) is 4.28. The molecule has 19 heavy (non-hydrogen) atoms. The largest absolute Gasteiger partial charge is 0.383 e. The fourth-order valence-corrected chi connectivity index (χ4v) is 3.27. The zero-order chi connectivity index (χ0) is 13.4. The number of thiophene rings is 1. The van der Waals surface area contributed by atoms with E-state index in [0.717, 1.165) is 29.1 Å². The molecule has 0 fully saturated rings.